The zero-order chi connectivity index (χ0) is 13.3. The average molecular weight is 252 g/mol. The van der Waals surface area contributed by atoms with Crippen molar-refractivity contribution in [2.24, 2.45) is 5.41 Å². The van der Waals surface area contributed by atoms with Crippen molar-refractivity contribution >= 4 is 11.7 Å². The number of nitrogen functional groups attached to an aromatic ring is 1. The second-order valence-corrected chi connectivity index (χ2v) is 5.74. The minimum absolute atomic E-state index is 0.0862. The van der Waals surface area contributed by atoms with Crippen molar-refractivity contribution < 1.29 is 9.90 Å². The number of nitrogens with zero attached hydrogens (tertiary/aromatic N) is 2. The summed E-state index contributed by atoms with van der Waals surface area (Å²) in [4.78, 5) is 14.0. The van der Waals surface area contributed by atoms with Crippen LogP contribution in [0.4, 0.5) is 5.82 Å². The number of aliphatic hydroxyl groups excluding tert-OH is 1. The molecule has 1 atom stereocenters. The molecule has 1 saturated heterocycles. The highest BCUT2D eigenvalue weighted by Crippen LogP contribution is 2.28. The van der Waals surface area contributed by atoms with Gasteiger partial charge in [-0.3, -0.25) is 9.89 Å². The molecular weight excluding hydrogens is 232 g/mol. The van der Waals surface area contributed by atoms with Crippen molar-refractivity contribution in [3.8, 4) is 0 Å². The van der Waals surface area contributed by atoms with E-state index in [1.165, 1.54) is 6.07 Å². The summed E-state index contributed by atoms with van der Waals surface area (Å²) in [5.41, 5.74) is 5.82. The fraction of sp³-hybridized carbons (Fsp3) is 0.667. The first-order valence-corrected chi connectivity index (χ1v) is 6.16. The molecule has 18 heavy (non-hydrogen) atoms. The number of likely N-dealkylation sites (tertiary alicyclic amines) is 1. The fourth-order valence-corrected chi connectivity index (χ4v) is 2.50. The number of H-pyrrole nitrogens is 1. The molecule has 1 amide bonds. The van der Waals surface area contributed by atoms with Crippen molar-refractivity contribution in [2.45, 2.75) is 32.8 Å². The van der Waals surface area contributed by atoms with Crippen molar-refractivity contribution in [3.05, 3.63) is 11.8 Å². The zero-order valence-electron chi connectivity index (χ0n) is 10.8. The lowest BCUT2D eigenvalue weighted by atomic mass is 9.87. The Morgan fingerprint density at radius 3 is 3.00 bits per heavy atom. The third kappa shape index (κ3) is 2.81. The van der Waals surface area contributed by atoms with Crippen LogP contribution >= 0.6 is 0 Å². The Hall–Kier alpha value is -1.56. The number of carbonyl (C=O) groups is 1. The van der Waals surface area contributed by atoms with Gasteiger partial charge in [-0.25, -0.2) is 0 Å². The van der Waals surface area contributed by atoms with Gasteiger partial charge in [0.2, 0.25) is 0 Å². The van der Waals surface area contributed by atoms with Gasteiger partial charge in [0, 0.05) is 19.2 Å². The van der Waals surface area contributed by atoms with Crippen LogP contribution in [0.5, 0.6) is 0 Å². The van der Waals surface area contributed by atoms with Crippen molar-refractivity contribution in [2.75, 3.05) is 18.8 Å². The number of aromatic amines is 1. The molecule has 0 bridgehead atoms. The first-order valence-electron chi connectivity index (χ1n) is 6.16. The molecule has 1 aromatic rings. The number of hydrogen-bond donors (Lipinski definition) is 3. The van der Waals surface area contributed by atoms with E-state index in [4.69, 9.17) is 5.73 Å². The fourth-order valence-electron chi connectivity index (χ4n) is 2.50. The van der Waals surface area contributed by atoms with Crippen molar-refractivity contribution in [1.29, 1.82) is 0 Å². The monoisotopic (exact) mass is 252 g/mol. The molecule has 1 aliphatic heterocycles. The summed E-state index contributed by atoms with van der Waals surface area (Å²) in [6.45, 7) is 5.30. The Kier molecular flexibility index (Phi) is 3.30. The number of aromatic nitrogens is 2. The Labute approximate surface area is 106 Å². The van der Waals surface area contributed by atoms with E-state index in [-0.39, 0.29) is 17.4 Å². The molecular formula is C12H20N4O2. The second kappa shape index (κ2) is 4.61. The second-order valence-electron chi connectivity index (χ2n) is 5.74. The lowest BCUT2D eigenvalue weighted by molar-refractivity contribution is 0.0699. The molecule has 100 valence electrons. The van der Waals surface area contributed by atoms with Gasteiger partial charge in [0.1, 0.15) is 11.5 Å². The van der Waals surface area contributed by atoms with Gasteiger partial charge in [-0.2, -0.15) is 5.10 Å². The van der Waals surface area contributed by atoms with Crippen LogP contribution in [-0.4, -0.2) is 45.3 Å². The van der Waals surface area contributed by atoms with Gasteiger partial charge in [-0.15, -0.1) is 0 Å². The standard InChI is InChI=1S/C12H20N4O2/c1-12(2)6-8(17)3-4-16(7-12)11(18)9-5-10(13)15-14-9/h5,8,17H,3-4,6-7H2,1-2H3,(H3,13,14,15). The average Bonchev–Trinajstić information content (AvgIpc) is 2.63. The van der Waals surface area contributed by atoms with Crippen LogP contribution in [0.15, 0.2) is 6.07 Å². The highest BCUT2D eigenvalue weighted by atomic mass is 16.3. The summed E-state index contributed by atoms with van der Waals surface area (Å²) in [7, 11) is 0. The van der Waals surface area contributed by atoms with E-state index in [0.29, 0.717) is 37.4 Å². The number of aliphatic hydroxyl groups is 1. The predicted octanol–water partition coefficient (Wildman–Crippen LogP) is 0.615. The number of rotatable bonds is 1. The van der Waals surface area contributed by atoms with Crippen LogP contribution in [0.2, 0.25) is 0 Å². The van der Waals surface area contributed by atoms with Crippen LogP contribution in [0.1, 0.15) is 37.2 Å². The Bertz CT molecular complexity index is 441. The molecule has 2 rings (SSSR count). The molecule has 6 nitrogen and oxygen atoms in total. The van der Waals surface area contributed by atoms with Crippen LogP contribution in [0.3, 0.4) is 0 Å². The number of nitrogens with one attached hydrogen (secondary N) is 1. The van der Waals surface area contributed by atoms with E-state index in [1.54, 1.807) is 4.90 Å². The topological polar surface area (TPSA) is 95.2 Å². The molecule has 1 aliphatic rings. The number of amides is 1. The maximum Gasteiger partial charge on any atom is 0.271 e. The molecule has 0 spiro atoms. The van der Waals surface area contributed by atoms with Crippen molar-refractivity contribution in [3.63, 3.8) is 0 Å². The van der Waals surface area contributed by atoms with E-state index in [2.05, 4.69) is 24.0 Å². The molecule has 4 N–H and O–H groups in total. The quantitative estimate of drug-likeness (QED) is 0.682. The number of nitrogens with two attached hydrogens (primary N) is 1. The molecule has 1 aromatic heterocycles. The highest BCUT2D eigenvalue weighted by molar-refractivity contribution is 5.93. The van der Waals surface area contributed by atoms with E-state index in [9.17, 15) is 9.90 Å². The largest absolute Gasteiger partial charge is 0.393 e. The predicted molar refractivity (Wildman–Crippen MR) is 67.9 cm³/mol. The van der Waals surface area contributed by atoms with Gasteiger partial charge >= 0.3 is 0 Å². The van der Waals surface area contributed by atoms with Crippen LogP contribution in [-0.2, 0) is 0 Å². The van der Waals surface area contributed by atoms with Crippen LogP contribution in [0, 0.1) is 5.41 Å². The van der Waals surface area contributed by atoms with Crippen LogP contribution < -0.4 is 5.73 Å². The van der Waals surface area contributed by atoms with E-state index >= 15 is 0 Å². The first kappa shape index (κ1) is 12.9. The first-order chi connectivity index (χ1) is 8.37. The minimum Gasteiger partial charge on any atom is -0.393 e. The smallest absolute Gasteiger partial charge is 0.271 e. The van der Waals surface area contributed by atoms with Gasteiger partial charge < -0.3 is 15.7 Å². The molecule has 2 heterocycles. The summed E-state index contributed by atoms with van der Waals surface area (Å²) in [6.07, 6.45) is 0.977. The lowest BCUT2D eigenvalue weighted by Gasteiger charge is -2.29. The maximum absolute atomic E-state index is 12.3. The molecule has 0 aromatic carbocycles. The van der Waals surface area contributed by atoms with Crippen LogP contribution in [0.25, 0.3) is 0 Å². The molecule has 1 unspecified atom stereocenters. The highest BCUT2D eigenvalue weighted by Gasteiger charge is 2.32. The Balaban J connectivity index is 2.15. The van der Waals surface area contributed by atoms with E-state index < -0.39 is 0 Å². The number of carbonyl (C=O) groups excluding carboxylic acids is 1. The third-order valence-corrected chi connectivity index (χ3v) is 3.25. The molecule has 6 heteroatoms. The molecule has 0 saturated carbocycles. The Morgan fingerprint density at radius 2 is 2.39 bits per heavy atom. The van der Waals surface area contributed by atoms with Gasteiger partial charge in [0.25, 0.3) is 5.91 Å². The minimum atomic E-state index is -0.343. The molecule has 0 radical (unpaired) electrons. The normalized spacial score (nSPS) is 23.7. The SMILES string of the molecule is CC1(C)CC(O)CCN(C(=O)c2cc(N)n[nH]2)C1. The summed E-state index contributed by atoms with van der Waals surface area (Å²) in [6, 6.07) is 1.54. The summed E-state index contributed by atoms with van der Waals surface area (Å²) < 4.78 is 0. The zero-order valence-corrected chi connectivity index (χ0v) is 10.8. The maximum atomic E-state index is 12.3. The van der Waals surface area contributed by atoms with Gasteiger partial charge in [0.15, 0.2) is 0 Å². The van der Waals surface area contributed by atoms with Gasteiger partial charge in [-0.05, 0) is 18.3 Å². The van der Waals surface area contributed by atoms with E-state index in [1.807, 2.05) is 0 Å². The number of hydrogen-bond acceptors (Lipinski definition) is 4. The van der Waals surface area contributed by atoms with Gasteiger partial charge in [0.05, 0.1) is 6.10 Å². The number of anilines is 1. The van der Waals surface area contributed by atoms with E-state index in [0.717, 1.165) is 0 Å². The molecule has 0 aliphatic carbocycles. The van der Waals surface area contributed by atoms with Gasteiger partial charge in [-0.1, -0.05) is 13.8 Å². The summed E-state index contributed by atoms with van der Waals surface area (Å²) >= 11 is 0. The Morgan fingerprint density at radius 1 is 1.67 bits per heavy atom. The third-order valence-electron chi connectivity index (χ3n) is 3.25. The van der Waals surface area contributed by atoms with Crippen molar-refractivity contribution in [1.82, 2.24) is 15.1 Å². The summed E-state index contributed by atoms with van der Waals surface area (Å²) in [5, 5.41) is 16.2. The molecule has 1 fully saturated rings. The summed E-state index contributed by atoms with van der Waals surface area (Å²) in [5.74, 6) is 0.203. The lowest BCUT2D eigenvalue weighted by Crippen LogP contribution is -2.37.